The maximum Gasteiger partial charge on any atom is 0.338 e. The van der Waals surface area contributed by atoms with Crippen LogP contribution in [0.4, 0.5) is 22.9 Å². The van der Waals surface area contributed by atoms with Crippen molar-refractivity contribution in [1.82, 2.24) is 9.78 Å². The van der Waals surface area contributed by atoms with E-state index in [-0.39, 0.29) is 12.0 Å². The summed E-state index contributed by atoms with van der Waals surface area (Å²) < 4.78 is 7.04. The van der Waals surface area contributed by atoms with Gasteiger partial charge in [0.25, 0.3) is 0 Å². The number of halogens is 1. The number of carbonyl (C=O) groups excluding carboxylic acids is 1. The first-order chi connectivity index (χ1) is 21.0. The van der Waals surface area contributed by atoms with Gasteiger partial charge in [0, 0.05) is 16.3 Å². The first-order valence-electron chi connectivity index (χ1n) is 14.0. The van der Waals surface area contributed by atoms with Crippen molar-refractivity contribution in [3.63, 3.8) is 0 Å². The minimum Gasteiger partial charge on any atom is -0.462 e. The van der Waals surface area contributed by atoms with Crippen molar-refractivity contribution in [2.45, 2.75) is 19.9 Å². The third kappa shape index (κ3) is 4.75. The van der Waals surface area contributed by atoms with E-state index in [0.29, 0.717) is 28.9 Å². The second-order valence-corrected chi connectivity index (χ2v) is 10.6. The van der Waals surface area contributed by atoms with E-state index in [1.807, 2.05) is 84.4 Å². The van der Waals surface area contributed by atoms with Gasteiger partial charge in [-0.05, 0) is 80.1 Å². The number of nitrogens with zero attached hydrogens (tertiary/aromatic N) is 5. The number of aromatic nitrogens is 2. The second kappa shape index (κ2) is 10.9. The number of nitrogens with one attached hydrogen (secondary N) is 1. The minimum absolute atomic E-state index is 0.253. The van der Waals surface area contributed by atoms with E-state index in [1.54, 1.807) is 19.1 Å². The van der Waals surface area contributed by atoms with Crippen LogP contribution in [0, 0.1) is 6.92 Å². The molecule has 43 heavy (non-hydrogen) atoms. The zero-order valence-corrected chi connectivity index (χ0v) is 24.3. The van der Waals surface area contributed by atoms with Gasteiger partial charge in [-0.25, -0.2) is 19.5 Å². The van der Waals surface area contributed by atoms with E-state index in [9.17, 15) is 4.79 Å². The number of fused-ring (bicyclic) bond motifs is 4. The fourth-order valence-electron chi connectivity index (χ4n) is 5.55. The largest absolute Gasteiger partial charge is 0.462 e. The lowest BCUT2D eigenvalue weighted by Gasteiger charge is -2.40. The Morgan fingerprint density at radius 1 is 0.907 bits per heavy atom. The molecule has 0 amide bonds. The summed E-state index contributed by atoms with van der Waals surface area (Å²) in [5.74, 6) is 1.61. The highest BCUT2D eigenvalue weighted by molar-refractivity contribution is 6.51. The summed E-state index contributed by atoms with van der Waals surface area (Å²) in [6, 6.07) is 32.8. The molecule has 4 aromatic carbocycles. The Hall–Kier alpha value is -5.21. The number of ether oxygens (including phenoxy) is 1. The smallest absolute Gasteiger partial charge is 0.338 e. The molecule has 0 unspecified atom stereocenters. The van der Waals surface area contributed by atoms with Crippen LogP contribution in [-0.2, 0) is 4.74 Å². The van der Waals surface area contributed by atoms with Crippen LogP contribution in [0.2, 0.25) is 5.02 Å². The van der Waals surface area contributed by atoms with Crippen molar-refractivity contribution in [2.75, 3.05) is 16.8 Å². The molecule has 2 aliphatic rings. The quantitative estimate of drug-likeness (QED) is 0.212. The summed E-state index contributed by atoms with van der Waals surface area (Å²) in [7, 11) is 0. The molecule has 8 nitrogen and oxygen atoms in total. The average Bonchev–Trinajstić information content (AvgIpc) is 3.37. The third-order valence-electron chi connectivity index (χ3n) is 7.48. The normalized spacial score (nSPS) is 15.0. The Morgan fingerprint density at radius 3 is 2.37 bits per heavy atom. The van der Waals surface area contributed by atoms with Crippen molar-refractivity contribution >= 4 is 52.1 Å². The number of carbonyl (C=O) groups is 1. The maximum absolute atomic E-state index is 12.2. The summed E-state index contributed by atoms with van der Waals surface area (Å²) in [5.41, 5.74) is 6.82. The summed E-state index contributed by atoms with van der Waals surface area (Å²) >= 11 is 6.33. The van der Waals surface area contributed by atoms with E-state index in [2.05, 4.69) is 28.4 Å². The first-order valence-corrected chi connectivity index (χ1v) is 14.4. The van der Waals surface area contributed by atoms with Crippen molar-refractivity contribution in [1.29, 1.82) is 0 Å². The molecule has 7 rings (SSSR count). The SMILES string of the molecule is CCOC(=O)c1ccc(NC2=Nc3ccccc3N3C2=Nc2c(c(C)nn2-c2ccccc2)[C@H]3c2ccc(Cl)cc2)cc1. The summed E-state index contributed by atoms with van der Waals surface area (Å²) in [6.45, 7) is 4.13. The molecule has 0 spiro atoms. The van der Waals surface area contributed by atoms with E-state index in [0.717, 1.165) is 45.4 Å². The van der Waals surface area contributed by atoms with Crippen LogP contribution in [0.1, 0.15) is 40.1 Å². The van der Waals surface area contributed by atoms with Crippen LogP contribution in [-0.4, -0.2) is 34.0 Å². The van der Waals surface area contributed by atoms with Gasteiger partial charge in [-0.15, -0.1) is 0 Å². The lowest BCUT2D eigenvalue weighted by molar-refractivity contribution is 0.0526. The highest BCUT2D eigenvalue weighted by atomic mass is 35.5. The summed E-state index contributed by atoms with van der Waals surface area (Å²) in [4.78, 5) is 24.7. The standard InChI is InChI=1S/C34H27ClN6O2/c1-3-43-34(42)23-15-19-25(20-16-23)36-31-33-38-32-29(21(2)39-41(32)26-9-5-4-6-10-26)30(22-13-17-24(35)18-14-22)40(33)28-12-8-7-11-27(28)37-31/h4-20,30H,3H2,1-2H3,(H,36,37)/t30-/m1/s1. The Bertz CT molecular complexity index is 1900. The molecule has 1 atom stereocenters. The number of hydrogen-bond acceptors (Lipinski definition) is 7. The highest BCUT2D eigenvalue weighted by Gasteiger charge is 2.41. The molecular formula is C34H27ClN6O2. The molecule has 0 bridgehead atoms. The lowest BCUT2D eigenvalue weighted by Crippen LogP contribution is -2.46. The number of hydrogen-bond donors (Lipinski definition) is 1. The molecule has 0 fully saturated rings. The van der Waals surface area contributed by atoms with Gasteiger partial charge in [0.1, 0.15) is 0 Å². The van der Waals surface area contributed by atoms with Crippen molar-refractivity contribution in [3.05, 3.63) is 131 Å². The van der Waals surface area contributed by atoms with Crippen molar-refractivity contribution in [2.24, 2.45) is 9.98 Å². The van der Waals surface area contributed by atoms with Gasteiger partial charge in [-0.1, -0.05) is 54.1 Å². The molecule has 3 heterocycles. The number of anilines is 2. The molecule has 212 valence electrons. The Labute approximate surface area is 253 Å². The van der Waals surface area contributed by atoms with Crippen LogP contribution in [0.3, 0.4) is 0 Å². The fraction of sp³-hybridized carbons (Fsp3) is 0.118. The second-order valence-electron chi connectivity index (χ2n) is 10.2. The number of esters is 1. The number of amidine groups is 2. The number of benzene rings is 4. The summed E-state index contributed by atoms with van der Waals surface area (Å²) in [6.07, 6.45) is 0. The maximum atomic E-state index is 12.2. The van der Waals surface area contributed by atoms with Gasteiger partial charge in [0.15, 0.2) is 17.5 Å². The molecule has 0 radical (unpaired) electrons. The van der Waals surface area contributed by atoms with Crippen LogP contribution >= 0.6 is 11.6 Å². The molecule has 2 aliphatic heterocycles. The molecule has 0 saturated carbocycles. The van der Waals surface area contributed by atoms with Gasteiger partial charge in [-0.3, -0.25) is 0 Å². The Kier molecular flexibility index (Phi) is 6.75. The zero-order chi connectivity index (χ0) is 29.5. The minimum atomic E-state index is -0.358. The van der Waals surface area contributed by atoms with Crippen LogP contribution in [0.15, 0.2) is 113 Å². The molecule has 9 heteroatoms. The zero-order valence-electron chi connectivity index (χ0n) is 23.5. The van der Waals surface area contributed by atoms with E-state index in [1.165, 1.54) is 0 Å². The Balaban J connectivity index is 1.41. The van der Waals surface area contributed by atoms with Gasteiger partial charge >= 0.3 is 5.97 Å². The molecule has 1 N–H and O–H groups in total. The molecular weight excluding hydrogens is 560 g/mol. The van der Waals surface area contributed by atoms with E-state index >= 15 is 0 Å². The van der Waals surface area contributed by atoms with Gasteiger partial charge < -0.3 is 15.0 Å². The monoisotopic (exact) mass is 586 g/mol. The Morgan fingerprint density at radius 2 is 1.63 bits per heavy atom. The highest BCUT2D eigenvalue weighted by Crippen LogP contribution is 2.48. The predicted molar refractivity (Wildman–Crippen MR) is 171 cm³/mol. The van der Waals surface area contributed by atoms with Gasteiger partial charge in [-0.2, -0.15) is 5.10 Å². The number of aliphatic imine (C=N–C) groups is 2. The van der Waals surface area contributed by atoms with Crippen molar-refractivity contribution in [3.8, 4) is 5.69 Å². The van der Waals surface area contributed by atoms with E-state index < -0.39 is 0 Å². The fourth-order valence-corrected chi connectivity index (χ4v) is 5.67. The third-order valence-corrected chi connectivity index (χ3v) is 7.74. The molecule has 1 aromatic heterocycles. The molecule has 5 aromatic rings. The first kappa shape index (κ1) is 26.7. The van der Waals surface area contributed by atoms with Crippen LogP contribution in [0.5, 0.6) is 0 Å². The van der Waals surface area contributed by atoms with Crippen molar-refractivity contribution < 1.29 is 9.53 Å². The van der Waals surface area contributed by atoms with Gasteiger partial charge in [0.05, 0.1) is 41.0 Å². The topological polar surface area (TPSA) is 84.1 Å². The van der Waals surface area contributed by atoms with Crippen LogP contribution in [0.25, 0.3) is 5.69 Å². The lowest BCUT2D eigenvalue weighted by atomic mass is 9.93. The number of para-hydroxylation sites is 3. The average molecular weight is 587 g/mol. The van der Waals surface area contributed by atoms with E-state index in [4.69, 9.17) is 31.4 Å². The number of aryl methyl sites for hydroxylation is 1. The molecule has 0 aliphatic carbocycles. The summed E-state index contributed by atoms with van der Waals surface area (Å²) in [5, 5.41) is 9.11. The molecule has 0 saturated heterocycles. The number of rotatable bonds is 5. The van der Waals surface area contributed by atoms with Crippen LogP contribution < -0.4 is 10.2 Å². The van der Waals surface area contributed by atoms with Gasteiger partial charge in [0.2, 0.25) is 0 Å². The predicted octanol–water partition coefficient (Wildman–Crippen LogP) is 7.81.